The van der Waals surface area contributed by atoms with Gasteiger partial charge in [-0.1, -0.05) is 86.6 Å². The number of carbonyl (C=O) groups is 3. The fourth-order valence-electron chi connectivity index (χ4n) is 4.04. The van der Waals surface area contributed by atoms with Crippen LogP contribution in [0.5, 0.6) is 0 Å². The van der Waals surface area contributed by atoms with Crippen LogP contribution >= 0.6 is 0 Å². The molecule has 0 aliphatic carbocycles. The Labute approximate surface area is 186 Å². The zero-order valence-corrected chi connectivity index (χ0v) is 17.9. The third-order valence-corrected chi connectivity index (χ3v) is 5.61. The zero-order valence-electron chi connectivity index (χ0n) is 17.9. The molecule has 32 heavy (non-hydrogen) atoms. The molecule has 3 aromatic carbocycles. The molecule has 4 nitrogen and oxygen atoms in total. The lowest BCUT2D eigenvalue weighted by molar-refractivity contribution is -0.148. The first kappa shape index (κ1) is 23.1. The van der Waals surface area contributed by atoms with Crippen LogP contribution < -0.4 is 0 Å². The van der Waals surface area contributed by atoms with Gasteiger partial charge in [-0.05, 0) is 23.3 Å². The van der Waals surface area contributed by atoms with E-state index < -0.39 is 41.2 Å². The maximum absolute atomic E-state index is 13.8. The van der Waals surface area contributed by atoms with Crippen LogP contribution in [0, 0.1) is 17.7 Å². The van der Waals surface area contributed by atoms with Gasteiger partial charge in [-0.15, -0.1) is 0 Å². The van der Waals surface area contributed by atoms with E-state index in [1.807, 2.05) is 0 Å². The predicted octanol–water partition coefficient (Wildman–Crippen LogP) is 5.50. The number of hydrogen-bond donors (Lipinski definition) is 1. The highest BCUT2D eigenvalue weighted by atomic mass is 19.1. The Morgan fingerprint density at radius 1 is 0.750 bits per heavy atom. The van der Waals surface area contributed by atoms with E-state index in [9.17, 15) is 23.9 Å². The normalized spacial score (nSPS) is 13.9. The fourth-order valence-corrected chi connectivity index (χ4v) is 4.04. The van der Waals surface area contributed by atoms with Gasteiger partial charge >= 0.3 is 5.97 Å². The van der Waals surface area contributed by atoms with Gasteiger partial charge in [-0.2, -0.15) is 0 Å². The third kappa shape index (κ3) is 4.99. The Bertz CT molecular complexity index is 1080. The van der Waals surface area contributed by atoms with Gasteiger partial charge in [0, 0.05) is 17.4 Å². The molecule has 3 rings (SSSR count). The van der Waals surface area contributed by atoms with Crippen LogP contribution in [0.3, 0.4) is 0 Å². The molecule has 0 aromatic heterocycles. The van der Waals surface area contributed by atoms with Crippen molar-refractivity contribution in [2.24, 2.45) is 11.8 Å². The lowest BCUT2D eigenvalue weighted by atomic mass is 9.68. The summed E-state index contributed by atoms with van der Waals surface area (Å²) >= 11 is 0. The Hall–Kier alpha value is -3.60. The molecule has 0 saturated carbocycles. The van der Waals surface area contributed by atoms with Crippen molar-refractivity contribution in [3.8, 4) is 0 Å². The maximum atomic E-state index is 13.8. The van der Waals surface area contributed by atoms with E-state index in [1.54, 1.807) is 74.5 Å². The highest BCUT2D eigenvalue weighted by molar-refractivity contribution is 6.05. The topological polar surface area (TPSA) is 71.4 Å². The van der Waals surface area contributed by atoms with Crippen LogP contribution in [-0.2, 0) is 9.59 Å². The lowest BCUT2D eigenvalue weighted by Gasteiger charge is -2.32. The average molecular weight is 432 g/mol. The monoisotopic (exact) mass is 432 g/mol. The average Bonchev–Trinajstić information content (AvgIpc) is 2.80. The fraction of sp³-hybridized carbons (Fsp3) is 0.222. The van der Waals surface area contributed by atoms with Gasteiger partial charge in [0.15, 0.2) is 5.78 Å². The van der Waals surface area contributed by atoms with Gasteiger partial charge in [-0.3, -0.25) is 14.4 Å². The summed E-state index contributed by atoms with van der Waals surface area (Å²) in [5.74, 6) is -6.56. The Balaban J connectivity index is 2.27. The second kappa shape index (κ2) is 10.1. The standard InChI is InChI=1S/C27H25FO4/c1-17(2)25(29)24(27(31)32)22(19-13-15-21(28)16-14-19)23(18-9-5-3-6-10-18)26(30)20-11-7-4-8-12-20/h3-17,22-24H,1-2H3,(H,31,32). The summed E-state index contributed by atoms with van der Waals surface area (Å²) in [5, 5.41) is 10.1. The molecule has 3 unspecified atom stereocenters. The number of Topliss-reactive ketones (excluding diaryl/α,β-unsaturated/α-hetero) is 2. The number of aliphatic carboxylic acids is 1. The smallest absolute Gasteiger partial charge is 0.314 e. The zero-order chi connectivity index (χ0) is 23.3. The molecular formula is C27H25FO4. The van der Waals surface area contributed by atoms with E-state index in [1.165, 1.54) is 24.3 Å². The predicted molar refractivity (Wildman–Crippen MR) is 120 cm³/mol. The lowest BCUT2D eigenvalue weighted by Crippen LogP contribution is -2.38. The number of ketones is 2. The summed E-state index contributed by atoms with van der Waals surface area (Å²) in [4.78, 5) is 39.3. The van der Waals surface area contributed by atoms with Crippen molar-refractivity contribution >= 4 is 17.5 Å². The van der Waals surface area contributed by atoms with E-state index in [-0.39, 0.29) is 5.78 Å². The molecule has 1 N–H and O–H groups in total. The second-order valence-corrected chi connectivity index (χ2v) is 8.07. The molecule has 0 amide bonds. The summed E-state index contributed by atoms with van der Waals surface area (Å²) in [7, 11) is 0. The van der Waals surface area contributed by atoms with Crippen LogP contribution in [0.4, 0.5) is 4.39 Å². The Morgan fingerprint density at radius 3 is 1.78 bits per heavy atom. The first-order valence-electron chi connectivity index (χ1n) is 10.5. The van der Waals surface area contributed by atoms with Crippen molar-refractivity contribution in [3.63, 3.8) is 0 Å². The SMILES string of the molecule is CC(C)C(=O)C(C(=O)O)C(c1ccc(F)cc1)C(C(=O)c1ccccc1)c1ccccc1. The number of halogens is 1. The number of hydrogen-bond acceptors (Lipinski definition) is 3. The quantitative estimate of drug-likeness (QED) is 0.358. The van der Waals surface area contributed by atoms with Gasteiger partial charge in [-0.25, -0.2) is 4.39 Å². The third-order valence-electron chi connectivity index (χ3n) is 5.61. The van der Waals surface area contributed by atoms with E-state index in [4.69, 9.17) is 0 Å². The van der Waals surface area contributed by atoms with E-state index in [0.29, 0.717) is 16.7 Å². The number of rotatable bonds is 9. The van der Waals surface area contributed by atoms with Crippen LogP contribution in [0.15, 0.2) is 84.9 Å². The highest BCUT2D eigenvalue weighted by Crippen LogP contribution is 2.42. The molecule has 0 aliphatic rings. The molecule has 0 radical (unpaired) electrons. The number of carboxylic acid groups (broad SMARTS) is 1. The molecular weight excluding hydrogens is 407 g/mol. The Kier molecular flexibility index (Phi) is 7.31. The van der Waals surface area contributed by atoms with Crippen LogP contribution in [-0.4, -0.2) is 22.6 Å². The van der Waals surface area contributed by atoms with Gasteiger partial charge < -0.3 is 5.11 Å². The molecule has 0 spiro atoms. The van der Waals surface area contributed by atoms with Crippen molar-refractivity contribution in [1.82, 2.24) is 0 Å². The minimum Gasteiger partial charge on any atom is -0.481 e. The number of carbonyl (C=O) groups excluding carboxylic acids is 2. The van der Waals surface area contributed by atoms with Gasteiger partial charge in [0.25, 0.3) is 0 Å². The first-order valence-corrected chi connectivity index (χ1v) is 10.5. The van der Waals surface area contributed by atoms with Crippen LogP contribution in [0.25, 0.3) is 0 Å². The summed E-state index contributed by atoms with van der Waals surface area (Å²) in [6.45, 7) is 3.27. The molecule has 0 fully saturated rings. The highest BCUT2D eigenvalue weighted by Gasteiger charge is 2.44. The number of benzene rings is 3. The van der Waals surface area contributed by atoms with Gasteiger partial charge in [0.05, 0.1) is 5.92 Å². The molecule has 5 heteroatoms. The summed E-state index contributed by atoms with van der Waals surface area (Å²) in [6.07, 6.45) is 0. The second-order valence-electron chi connectivity index (χ2n) is 8.07. The van der Waals surface area contributed by atoms with E-state index >= 15 is 0 Å². The maximum Gasteiger partial charge on any atom is 0.314 e. The number of carboxylic acids is 1. The van der Waals surface area contributed by atoms with E-state index in [0.717, 1.165) is 0 Å². The molecule has 0 heterocycles. The van der Waals surface area contributed by atoms with Crippen molar-refractivity contribution in [3.05, 3.63) is 107 Å². The molecule has 3 aromatic rings. The van der Waals surface area contributed by atoms with Gasteiger partial charge in [0.2, 0.25) is 0 Å². The molecule has 0 bridgehead atoms. The molecule has 3 atom stereocenters. The van der Waals surface area contributed by atoms with Crippen LogP contribution in [0.2, 0.25) is 0 Å². The Morgan fingerprint density at radius 2 is 1.28 bits per heavy atom. The summed E-state index contributed by atoms with van der Waals surface area (Å²) < 4.78 is 13.7. The van der Waals surface area contributed by atoms with Crippen molar-refractivity contribution in [1.29, 1.82) is 0 Å². The first-order chi connectivity index (χ1) is 15.3. The van der Waals surface area contributed by atoms with Crippen LogP contribution in [0.1, 0.15) is 47.2 Å². The van der Waals surface area contributed by atoms with Crippen molar-refractivity contribution in [2.45, 2.75) is 25.7 Å². The molecule has 164 valence electrons. The minimum atomic E-state index is -1.47. The van der Waals surface area contributed by atoms with Gasteiger partial charge in [0.1, 0.15) is 17.5 Å². The van der Waals surface area contributed by atoms with Crippen molar-refractivity contribution in [2.75, 3.05) is 0 Å². The summed E-state index contributed by atoms with van der Waals surface area (Å²) in [5.41, 5.74) is 1.43. The largest absolute Gasteiger partial charge is 0.481 e. The van der Waals surface area contributed by atoms with E-state index in [2.05, 4.69) is 0 Å². The molecule has 0 saturated heterocycles. The van der Waals surface area contributed by atoms with Crippen molar-refractivity contribution < 1.29 is 23.9 Å². The molecule has 0 aliphatic heterocycles. The summed E-state index contributed by atoms with van der Waals surface area (Å²) in [6, 6.07) is 22.8. The minimum absolute atomic E-state index is 0.297.